The van der Waals surface area contributed by atoms with Crippen LogP contribution in [0.5, 0.6) is 0 Å². The first-order chi connectivity index (χ1) is 6.61. The Morgan fingerprint density at radius 2 is 1.93 bits per heavy atom. The molecule has 0 fully saturated rings. The fourth-order valence-corrected chi connectivity index (χ4v) is 1.55. The fourth-order valence-electron chi connectivity index (χ4n) is 1.20. The summed E-state index contributed by atoms with van der Waals surface area (Å²) in [6.45, 7) is 11.5. The van der Waals surface area contributed by atoms with E-state index in [0.717, 1.165) is 32.7 Å². The molecule has 0 saturated heterocycles. The summed E-state index contributed by atoms with van der Waals surface area (Å²) in [5.74, 6) is 0. The van der Waals surface area contributed by atoms with Gasteiger partial charge in [-0.2, -0.15) is 0 Å². The number of rotatable bonds is 8. The zero-order valence-corrected chi connectivity index (χ0v) is 10.7. The Bertz CT molecular complexity index is 160. The summed E-state index contributed by atoms with van der Waals surface area (Å²) >= 11 is 0. The van der Waals surface area contributed by atoms with Crippen LogP contribution in [-0.2, 0) is 10.8 Å². The van der Waals surface area contributed by atoms with Gasteiger partial charge < -0.3 is 10.2 Å². The minimum atomic E-state index is -0.704. The Labute approximate surface area is 90.7 Å². The van der Waals surface area contributed by atoms with Gasteiger partial charge in [-0.3, -0.25) is 4.21 Å². The molecule has 0 aliphatic heterocycles. The van der Waals surface area contributed by atoms with Gasteiger partial charge in [0.05, 0.1) is 0 Å². The van der Waals surface area contributed by atoms with Crippen LogP contribution in [0.3, 0.4) is 0 Å². The average Bonchev–Trinajstić information content (AvgIpc) is 2.17. The van der Waals surface area contributed by atoms with Crippen molar-refractivity contribution < 1.29 is 4.21 Å². The molecule has 0 amide bonds. The first-order valence-electron chi connectivity index (χ1n) is 5.37. The van der Waals surface area contributed by atoms with Crippen LogP contribution in [0.1, 0.15) is 20.8 Å². The molecule has 0 aromatic rings. The molecule has 0 spiro atoms. The topological polar surface area (TPSA) is 32.3 Å². The Kier molecular flexibility index (Phi) is 8.43. The van der Waals surface area contributed by atoms with E-state index in [4.69, 9.17) is 0 Å². The van der Waals surface area contributed by atoms with Crippen molar-refractivity contribution in [1.82, 2.24) is 10.2 Å². The lowest BCUT2D eigenvalue weighted by atomic mass is 10.4. The molecule has 2 atom stereocenters. The predicted molar refractivity (Wildman–Crippen MR) is 64.2 cm³/mol. The maximum atomic E-state index is 11.0. The van der Waals surface area contributed by atoms with Crippen LogP contribution in [0, 0.1) is 0 Å². The largest absolute Gasteiger partial charge is 0.314 e. The van der Waals surface area contributed by atoms with Crippen LogP contribution in [-0.4, -0.2) is 53.3 Å². The molecule has 86 valence electrons. The van der Waals surface area contributed by atoms with Gasteiger partial charge in [-0.15, -0.1) is 0 Å². The van der Waals surface area contributed by atoms with Crippen LogP contribution in [0.4, 0.5) is 0 Å². The quantitative estimate of drug-likeness (QED) is 0.611. The number of nitrogens with zero attached hydrogens (tertiary/aromatic N) is 1. The van der Waals surface area contributed by atoms with Gasteiger partial charge in [-0.25, -0.2) is 0 Å². The van der Waals surface area contributed by atoms with E-state index in [2.05, 4.69) is 24.1 Å². The van der Waals surface area contributed by atoms with Crippen LogP contribution < -0.4 is 5.32 Å². The van der Waals surface area contributed by atoms with Crippen molar-refractivity contribution in [2.45, 2.75) is 26.0 Å². The van der Waals surface area contributed by atoms with E-state index in [-0.39, 0.29) is 5.25 Å². The zero-order valence-electron chi connectivity index (χ0n) is 9.88. The van der Waals surface area contributed by atoms with E-state index in [1.54, 1.807) is 6.26 Å². The fraction of sp³-hybridized carbons (Fsp3) is 1.00. The first-order valence-corrected chi connectivity index (χ1v) is 6.99. The van der Waals surface area contributed by atoms with E-state index in [1.165, 1.54) is 0 Å². The van der Waals surface area contributed by atoms with Crippen molar-refractivity contribution >= 4 is 10.8 Å². The molecule has 0 aliphatic rings. The summed E-state index contributed by atoms with van der Waals surface area (Å²) in [4.78, 5) is 2.38. The molecule has 0 rings (SSSR count). The third kappa shape index (κ3) is 6.51. The SMILES string of the molecule is CCN(CC)CCNCC(C)S(C)=O. The predicted octanol–water partition coefficient (Wildman–Crippen LogP) is 0.685. The van der Waals surface area contributed by atoms with Gasteiger partial charge in [0.1, 0.15) is 0 Å². The van der Waals surface area contributed by atoms with Gasteiger partial charge in [0.25, 0.3) is 0 Å². The van der Waals surface area contributed by atoms with Crippen molar-refractivity contribution in [3.8, 4) is 0 Å². The van der Waals surface area contributed by atoms with Crippen LogP contribution in [0.15, 0.2) is 0 Å². The second-order valence-corrected chi connectivity index (χ2v) is 5.34. The molecule has 14 heavy (non-hydrogen) atoms. The Morgan fingerprint density at radius 1 is 1.36 bits per heavy atom. The molecular weight excluding hydrogens is 196 g/mol. The molecule has 0 saturated carbocycles. The van der Waals surface area contributed by atoms with E-state index >= 15 is 0 Å². The molecular formula is C10H24N2OS. The minimum Gasteiger partial charge on any atom is -0.314 e. The molecule has 3 nitrogen and oxygen atoms in total. The van der Waals surface area contributed by atoms with Gasteiger partial charge in [0, 0.05) is 41.9 Å². The second-order valence-electron chi connectivity index (χ2n) is 3.54. The number of likely N-dealkylation sites (N-methyl/N-ethyl adjacent to an activating group) is 1. The zero-order chi connectivity index (χ0) is 11.0. The van der Waals surface area contributed by atoms with Gasteiger partial charge in [-0.1, -0.05) is 13.8 Å². The Balaban J connectivity index is 3.41. The summed E-state index contributed by atoms with van der Waals surface area (Å²) < 4.78 is 11.0. The molecule has 0 aliphatic carbocycles. The number of hydrogen-bond donors (Lipinski definition) is 1. The summed E-state index contributed by atoms with van der Waals surface area (Å²) in [6.07, 6.45) is 1.76. The van der Waals surface area contributed by atoms with Crippen molar-refractivity contribution in [2.75, 3.05) is 39.0 Å². The molecule has 0 radical (unpaired) electrons. The van der Waals surface area contributed by atoms with Gasteiger partial charge in [0.15, 0.2) is 0 Å². The lowest BCUT2D eigenvalue weighted by Crippen LogP contribution is -2.35. The highest BCUT2D eigenvalue weighted by molar-refractivity contribution is 7.84. The number of hydrogen-bond acceptors (Lipinski definition) is 3. The van der Waals surface area contributed by atoms with Gasteiger partial charge >= 0.3 is 0 Å². The molecule has 0 aromatic heterocycles. The number of nitrogens with one attached hydrogen (secondary N) is 1. The van der Waals surface area contributed by atoms with Crippen molar-refractivity contribution in [3.05, 3.63) is 0 Å². The second kappa shape index (κ2) is 8.38. The molecule has 1 N–H and O–H groups in total. The van der Waals surface area contributed by atoms with Crippen molar-refractivity contribution in [3.63, 3.8) is 0 Å². The standard InChI is InChI=1S/C10H24N2OS/c1-5-12(6-2)8-7-11-9-10(3)14(4)13/h10-11H,5-9H2,1-4H3. The third-order valence-electron chi connectivity index (χ3n) is 2.50. The lowest BCUT2D eigenvalue weighted by Gasteiger charge is -2.18. The van der Waals surface area contributed by atoms with Crippen molar-refractivity contribution in [2.24, 2.45) is 0 Å². The van der Waals surface area contributed by atoms with Crippen LogP contribution in [0.2, 0.25) is 0 Å². The normalized spacial score (nSPS) is 15.8. The van der Waals surface area contributed by atoms with Crippen LogP contribution >= 0.6 is 0 Å². The highest BCUT2D eigenvalue weighted by Gasteiger charge is 2.05. The Hall–Kier alpha value is 0.0700. The van der Waals surface area contributed by atoms with E-state index in [9.17, 15) is 4.21 Å². The minimum absolute atomic E-state index is 0.256. The third-order valence-corrected chi connectivity index (χ3v) is 3.80. The summed E-state index contributed by atoms with van der Waals surface area (Å²) in [7, 11) is -0.704. The van der Waals surface area contributed by atoms with Gasteiger partial charge in [0.2, 0.25) is 0 Å². The molecule has 0 bridgehead atoms. The molecule has 0 heterocycles. The highest BCUT2D eigenvalue weighted by Crippen LogP contribution is 1.89. The van der Waals surface area contributed by atoms with E-state index in [0.29, 0.717) is 0 Å². The summed E-state index contributed by atoms with van der Waals surface area (Å²) in [5.41, 5.74) is 0. The lowest BCUT2D eigenvalue weighted by molar-refractivity contribution is 0.303. The average molecular weight is 220 g/mol. The van der Waals surface area contributed by atoms with Crippen LogP contribution in [0.25, 0.3) is 0 Å². The molecule has 4 heteroatoms. The highest BCUT2D eigenvalue weighted by atomic mass is 32.2. The first kappa shape index (κ1) is 14.1. The maximum Gasteiger partial charge on any atom is 0.0441 e. The van der Waals surface area contributed by atoms with E-state index in [1.807, 2.05) is 6.92 Å². The van der Waals surface area contributed by atoms with Gasteiger partial charge in [-0.05, 0) is 20.0 Å². The molecule has 0 aromatic carbocycles. The summed E-state index contributed by atoms with van der Waals surface area (Å²) in [6, 6.07) is 0. The van der Waals surface area contributed by atoms with E-state index < -0.39 is 10.8 Å². The van der Waals surface area contributed by atoms with Crippen molar-refractivity contribution in [1.29, 1.82) is 0 Å². The maximum absolute atomic E-state index is 11.0. The summed E-state index contributed by atoms with van der Waals surface area (Å²) in [5, 5.41) is 3.59. The smallest absolute Gasteiger partial charge is 0.0441 e. The monoisotopic (exact) mass is 220 g/mol. The Morgan fingerprint density at radius 3 is 2.36 bits per heavy atom. The molecule has 2 unspecified atom stereocenters.